The summed E-state index contributed by atoms with van der Waals surface area (Å²) in [6.45, 7) is 2.88. The molecule has 0 spiro atoms. The van der Waals surface area contributed by atoms with Crippen LogP contribution in [0.1, 0.15) is 11.1 Å². The zero-order valence-corrected chi connectivity index (χ0v) is 23.1. The van der Waals surface area contributed by atoms with Gasteiger partial charge in [0.15, 0.2) is 5.11 Å². The van der Waals surface area contributed by atoms with Crippen LogP contribution in [0.15, 0.2) is 71.7 Å². The fourth-order valence-corrected chi connectivity index (χ4v) is 5.28. The molecule has 6 nitrogen and oxygen atoms in total. The first-order valence-corrected chi connectivity index (χ1v) is 13.3. The van der Waals surface area contributed by atoms with Crippen LogP contribution in [0.25, 0.3) is 0 Å². The lowest BCUT2D eigenvalue weighted by Crippen LogP contribution is -2.55. The summed E-state index contributed by atoms with van der Waals surface area (Å²) in [5.41, 5.74) is 4.12. The molecule has 1 N–H and O–H groups in total. The molecular formula is C27H24Cl3N5OS. The third kappa shape index (κ3) is 5.41. The van der Waals surface area contributed by atoms with Crippen LogP contribution >= 0.6 is 47.0 Å². The Labute approximate surface area is 236 Å². The molecule has 1 fully saturated rings. The molecule has 1 atom stereocenters. The monoisotopic (exact) mass is 571 g/mol. The van der Waals surface area contributed by atoms with Gasteiger partial charge in [0.2, 0.25) is 6.17 Å². The average Bonchev–Trinajstić information content (AvgIpc) is 3.01. The van der Waals surface area contributed by atoms with Crippen LogP contribution in [-0.2, 0) is 4.79 Å². The van der Waals surface area contributed by atoms with Crippen LogP contribution < -0.4 is 15.1 Å². The van der Waals surface area contributed by atoms with Crippen molar-refractivity contribution in [1.29, 1.82) is 0 Å². The highest BCUT2D eigenvalue weighted by Gasteiger charge is 2.32. The summed E-state index contributed by atoms with van der Waals surface area (Å²) >= 11 is 24.4. The van der Waals surface area contributed by atoms with Gasteiger partial charge in [0.05, 0.1) is 21.4 Å². The van der Waals surface area contributed by atoms with Crippen molar-refractivity contribution in [2.45, 2.75) is 6.17 Å². The fourth-order valence-electron chi connectivity index (χ4n) is 4.52. The molecule has 0 radical (unpaired) electrons. The number of benzene rings is 3. The first-order chi connectivity index (χ1) is 17.8. The summed E-state index contributed by atoms with van der Waals surface area (Å²) in [4.78, 5) is 24.3. The van der Waals surface area contributed by atoms with E-state index in [2.05, 4.69) is 15.1 Å². The van der Waals surface area contributed by atoms with E-state index in [-0.39, 0.29) is 5.91 Å². The van der Waals surface area contributed by atoms with E-state index in [0.717, 1.165) is 35.6 Å². The average molecular weight is 573 g/mol. The molecule has 3 aromatic rings. The predicted molar refractivity (Wildman–Crippen MR) is 157 cm³/mol. The lowest BCUT2D eigenvalue weighted by molar-refractivity contribution is -0.119. The number of aliphatic imine (C=N–C) groups is 1. The predicted octanol–water partition coefficient (Wildman–Crippen LogP) is 5.48. The molecular weight excluding hydrogens is 549 g/mol. The van der Waals surface area contributed by atoms with Gasteiger partial charge in [-0.2, -0.15) is 0 Å². The number of amides is 1. The number of piperazine rings is 1. The quantitative estimate of drug-likeness (QED) is 0.421. The molecule has 37 heavy (non-hydrogen) atoms. The normalized spacial score (nSPS) is 17.7. The van der Waals surface area contributed by atoms with Crippen molar-refractivity contribution in [3.8, 4) is 0 Å². The number of benzodiazepines with no additional fused rings is 1. The highest BCUT2D eigenvalue weighted by molar-refractivity contribution is 7.80. The number of hydrogen-bond acceptors (Lipinski definition) is 4. The fraction of sp³-hybridized carbons (Fsp3) is 0.222. The van der Waals surface area contributed by atoms with Gasteiger partial charge in [0.25, 0.3) is 5.91 Å². The van der Waals surface area contributed by atoms with Crippen LogP contribution in [-0.4, -0.2) is 61.0 Å². The number of carbonyl (C=O) groups is 1. The lowest BCUT2D eigenvalue weighted by atomic mass is 10.0. The van der Waals surface area contributed by atoms with Gasteiger partial charge in [0, 0.05) is 55.1 Å². The molecule has 2 heterocycles. The number of carbonyl (C=O) groups excluding carboxylic acids is 1. The van der Waals surface area contributed by atoms with Gasteiger partial charge in [-0.15, -0.1) is 0 Å². The van der Waals surface area contributed by atoms with E-state index < -0.39 is 6.17 Å². The van der Waals surface area contributed by atoms with E-state index in [1.807, 2.05) is 54.6 Å². The topological polar surface area (TPSA) is 51.2 Å². The Morgan fingerprint density at radius 2 is 1.68 bits per heavy atom. The molecule has 190 valence electrons. The van der Waals surface area contributed by atoms with Crippen LogP contribution in [0.3, 0.4) is 0 Å². The van der Waals surface area contributed by atoms with Gasteiger partial charge in [-0.3, -0.25) is 4.79 Å². The third-order valence-electron chi connectivity index (χ3n) is 6.54. The Kier molecular flexibility index (Phi) is 7.58. The maximum absolute atomic E-state index is 13.5. The van der Waals surface area contributed by atoms with Crippen LogP contribution in [0.2, 0.25) is 15.1 Å². The van der Waals surface area contributed by atoms with Crippen molar-refractivity contribution in [1.82, 2.24) is 10.2 Å². The largest absolute Gasteiger partial charge is 0.368 e. The number of hydrogen-bond donors (Lipinski definition) is 1. The minimum atomic E-state index is -0.882. The van der Waals surface area contributed by atoms with Crippen LogP contribution in [0.5, 0.6) is 0 Å². The van der Waals surface area contributed by atoms with Gasteiger partial charge < -0.3 is 20.0 Å². The first-order valence-electron chi connectivity index (χ1n) is 11.8. The third-order valence-corrected chi connectivity index (χ3v) is 7.89. The number of rotatable bonds is 3. The van der Waals surface area contributed by atoms with Crippen molar-refractivity contribution in [3.63, 3.8) is 0 Å². The molecule has 10 heteroatoms. The van der Waals surface area contributed by atoms with E-state index in [9.17, 15) is 4.79 Å². The molecule has 2 aliphatic rings. The standard InChI is InChI=1S/C27H24Cl3N5OS/c1-33-23-10-7-18(28)15-20(23)24(17-5-3-2-4-6-17)31-25(26(33)36)32-27(37)35-13-11-34(12-14-35)19-8-9-21(29)22(30)16-19/h2-10,15-16,25H,11-14H2,1H3,(H,32,37). The minimum Gasteiger partial charge on any atom is -0.368 e. The molecule has 0 aliphatic carbocycles. The number of nitrogens with zero attached hydrogens (tertiary/aromatic N) is 4. The van der Waals surface area contributed by atoms with Crippen molar-refractivity contribution >= 4 is 75.1 Å². The number of likely N-dealkylation sites (N-methyl/N-ethyl adjacent to an activating group) is 1. The molecule has 0 aromatic heterocycles. The maximum Gasteiger partial charge on any atom is 0.272 e. The first kappa shape index (κ1) is 25.8. The number of thiocarbonyl (C=S) groups is 1. The summed E-state index contributed by atoms with van der Waals surface area (Å²) in [6, 6.07) is 20.9. The Hall–Kier alpha value is -2.84. The van der Waals surface area contributed by atoms with Gasteiger partial charge in [-0.1, -0.05) is 65.1 Å². The lowest BCUT2D eigenvalue weighted by Gasteiger charge is -2.38. The van der Waals surface area contributed by atoms with Gasteiger partial charge in [-0.25, -0.2) is 4.99 Å². The Morgan fingerprint density at radius 3 is 2.38 bits per heavy atom. The second-order valence-corrected chi connectivity index (χ2v) is 10.5. The van der Waals surface area contributed by atoms with Crippen molar-refractivity contribution in [3.05, 3.63) is 92.9 Å². The summed E-state index contributed by atoms with van der Waals surface area (Å²) in [5.74, 6) is -0.203. The zero-order valence-electron chi connectivity index (χ0n) is 20.0. The van der Waals surface area contributed by atoms with E-state index in [0.29, 0.717) is 39.0 Å². The molecule has 2 aliphatic heterocycles. The summed E-state index contributed by atoms with van der Waals surface area (Å²) in [7, 11) is 1.74. The van der Waals surface area contributed by atoms with E-state index in [1.54, 1.807) is 24.1 Å². The Balaban J connectivity index is 1.36. The van der Waals surface area contributed by atoms with Gasteiger partial charge >= 0.3 is 0 Å². The molecule has 0 bridgehead atoms. The molecule has 3 aromatic carbocycles. The molecule has 1 amide bonds. The second-order valence-electron chi connectivity index (χ2n) is 8.83. The maximum atomic E-state index is 13.5. The number of nitrogens with one attached hydrogen (secondary N) is 1. The molecule has 1 unspecified atom stereocenters. The number of fused-ring (bicyclic) bond motifs is 1. The van der Waals surface area contributed by atoms with Crippen molar-refractivity contribution in [2.75, 3.05) is 43.0 Å². The summed E-state index contributed by atoms with van der Waals surface area (Å²) in [5, 5.41) is 5.34. The molecule has 0 saturated carbocycles. The number of anilines is 2. The highest BCUT2D eigenvalue weighted by atomic mass is 35.5. The van der Waals surface area contributed by atoms with E-state index in [1.165, 1.54) is 0 Å². The van der Waals surface area contributed by atoms with Crippen LogP contribution in [0.4, 0.5) is 11.4 Å². The zero-order chi connectivity index (χ0) is 26.1. The summed E-state index contributed by atoms with van der Waals surface area (Å²) < 4.78 is 0. The van der Waals surface area contributed by atoms with Crippen LogP contribution in [0, 0.1) is 0 Å². The number of halogens is 3. The minimum absolute atomic E-state index is 0.203. The van der Waals surface area contributed by atoms with E-state index in [4.69, 9.17) is 52.0 Å². The second kappa shape index (κ2) is 10.9. The molecule has 5 rings (SSSR count). The van der Waals surface area contributed by atoms with Crippen molar-refractivity contribution in [2.24, 2.45) is 4.99 Å². The Morgan fingerprint density at radius 1 is 0.946 bits per heavy atom. The summed E-state index contributed by atoms with van der Waals surface area (Å²) in [6.07, 6.45) is -0.882. The molecule has 1 saturated heterocycles. The van der Waals surface area contributed by atoms with Gasteiger partial charge in [-0.05, 0) is 48.6 Å². The van der Waals surface area contributed by atoms with Crippen molar-refractivity contribution < 1.29 is 4.79 Å². The van der Waals surface area contributed by atoms with Gasteiger partial charge in [0.1, 0.15) is 0 Å². The Bertz CT molecular complexity index is 1380. The smallest absolute Gasteiger partial charge is 0.272 e. The van der Waals surface area contributed by atoms with E-state index >= 15 is 0 Å². The highest BCUT2D eigenvalue weighted by Crippen LogP contribution is 2.30. The SMILES string of the molecule is CN1C(=O)C(NC(=S)N2CCN(c3ccc(Cl)c(Cl)c3)CC2)N=C(c2ccccc2)c2cc(Cl)ccc21.